The Morgan fingerprint density at radius 2 is 2.50 bits per heavy atom. The van der Waals surface area contributed by atoms with Gasteiger partial charge in [-0.2, -0.15) is 10.4 Å². The number of esters is 1. The fourth-order valence-corrected chi connectivity index (χ4v) is 1.35. The number of carbonyl (C=O) groups excluding carboxylic acids is 1. The monoisotopic (exact) mass is 265 g/mol. The van der Waals surface area contributed by atoms with Crippen LogP contribution in [0.4, 0.5) is 0 Å². The second kappa shape index (κ2) is 7.30. The zero-order chi connectivity index (χ0) is 13.4. The van der Waals surface area contributed by atoms with Crippen molar-refractivity contribution in [1.82, 2.24) is 9.78 Å². The first-order chi connectivity index (χ1) is 8.71. The van der Waals surface area contributed by atoms with Gasteiger partial charge in [0.05, 0.1) is 12.7 Å². The van der Waals surface area contributed by atoms with Gasteiger partial charge >= 0.3 is 5.97 Å². The smallest absolute Gasteiger partial charge is 0.349 e. The van der Waals surface area contributed by atoms with Crippen LogP contribution in [0.5, 0.6) is 0 Å². The Hall–Kier alpha value is -2.06. The van der Waals surface area contributed by atoms with Crippen LogP contribution >= 0.6 is 11.6 Å². The molecule has 1 aromatic heterocycles. The normalized spacial score (nSPS) is 10.8. The Bertz CT molecular complexity index is 500. The number of nitrogens with zero attached hydrogens (tertiary/aromatic N) is 3. The summed E-state index contributed by atoms with van der Waals surface area (Å²) < 4.78 is 6.40. The van der Waals surface area contributed by atoms with Crippen LogP contribution in [0.25, 0.3) is 6.08 Å². The third kappa shape index (κ3) is 4.07. The molecule has 1 aromatic rings. The van der Waals surface area contributed by atoms with E-state index in [1.54, 1.807) is 23.1 Å². The maximum absolute atomic E-state index is 11.5. The maximum atomic E-state index is 11.5. The van der Waals surface area contributed by atoms with Gasteiger partial charge < -0.3 is 4.74 Å². The van der Waals surface area contributed by atoms with Gasteiger partial charge in [-0.15, -0.1) is 11.6 Å². The third-order valence-corrected chi connectivity index (χ3v) is 2.12. The minimum Gasteiger partial charge on any atom is -0.457 e. The van der Waals surface area contributed by atoms with E-state index in [1.807, 2.05) is 0 Å². The number of rotatable bonds is 6. The number of aryl methyl sites for hydroxylation is 1. The van der Waals surface area contributed by atoms with Crippen molar-refractivity contribution in [2.24, 2.45) is 0 Å². The van der Waals surface area contributed by atoms with Gasteiger partial charge in [0, 0.05) is 17.6 Å². The summed E-state index contributed by atoms with van der Waals surface area (Å²) in [6.07, 6.45) is 6.10. The minimum absolute atomic E-state index is 0.0728. The second-order valence-corrected chi connectivity index (χ2v) is 3.66. The van der Waals surface area contributed by atoms with Gasteiger partial charge in [0.25, 0.3) is 0 Å². The second-order valence-electron chi connectivity index (χ2n) is 3.28. The molecule has 1 heterocycles. The number of hydrogen-bond acceptors (Lipinski definition) is 4. The molecule has 0 aliphatic rings. The van der Waals surface area contributed by atoms with Crippen molar-refractivity contribution < 1.29 is 9.53 Å². The first kappa shape index (κ1) is 14.0. The van der Waals surface area contributed by atoms with Crippen molar-refractivity contribution in [2.45, 2.75) is 6.54 Å². The molecule has 0 fully saturated rings. The van der Waals surface area contributed by atoms with E-state index in [2.05, 4.69) is 11.7 Å². The zero-order valence-corrected chi connectivity index (χ0v) is 10.4. The van der Waals surface area contributed by atoms with Crippen molar-refractivity contribution in [3.8, 4) is 6.07 Å². The molecule has 0 N–H and O–H groups in total. The third-order valence-electron chi connectivity index (χ3n) is 1.95. The Morgan fingerprint density at radius 3 is 3.11 bits per heavy atom. The Labute approximate surface area is 110 Å². The molecule has 5 nitrogen and oxygen atoms in total. The molecule has 0 amide bonds. The summed E-state index contributed by atoms with van der Waals surface area (Å²) in [4.78, 5) is 11.5. The lowest BCUT2D eigenvalue weighted by Gasteiger charge is -1.98. The zero-order valence-electron chi connectivity index (χ0n) is 9.67. The summed E-state index contributed by atoms with van der Waals surface area (Å²) in [6.45, 7) is 4.06. The molecule has 0 saturated carbocycles. The van der Waals surface area contributed by atoms with Gasteiger partial charge in [0.1, 0.15) is 18.2 Å². The molecular formula is C12H12ClN3O2. The molecule has 0 aliphatic heterocycles. The first-order valence-electron chi connectivity index (χ1n) is 5.19. The van der Waals surface area contributed by atoms with Crippen LogP contribution in [0.2, 0.25) is 0 Å². The van der Waals surface area contributed by atoms with Crippen molar-refractivity contribution >= 4 is 23.6 Å². The van der Waals surface area contributed by atoms with Gasteiger partial charge in [-0.1, -0.05) is 12.7 Å². The summed E-state index contributed by atoms with van der Waals surface area (Å²) in [5, 5.41) is 12.9. The molecular weight excluding hydrogens is 254 g/mol. The van der Waals surface area contributed by atoms with E-state index in [0.717, 1.165) is 0 Å². The minimum atomic E-state index is -0.678. The van der Waals surface area contributed by atoms with E-state index >= 15 is 0 Å². The van der Waals surface area contributed by atoms with E-state index in [9.17, 15) is 4.79 Å². The maximum Gasteiger partial charge on any atom is 0.349 e. The highest BCUT2D eigenvalue weighted by Crippen LogP contribution is 2.07. The summed E-state index contributed by atoms with van der Waals surface area (Å²) in [6, 6.07) is 1.79. The van der Waals surface area contributed by atoms with Crippen molar-refractivity contribution in [3.63, 3.8) is 0 Å². The average molecular weight is 266 g/mol. The molecule has 0 unspecified atom stereocenters. The number of aromatic nitrogens is 2. The first-order valence-corrected chi connectivity index (χ1v) is 5.73. The number of ether oxygens (including phenoxy) is 1. The topological polar surface area (TPSA) is 67.9 Å². The molecule has 0 saturated heterocycles. The number of nitriles is 1. The molecule has 6 heteroatoms. The summed E-state index contributed by atoms with van der Waals surface area (Å²) in [7, 11) is 0. The lowest BCUT2D eigenvalue weighted by molar-refractivity contribution is -0.137. The number of halogens is 1. The van der Waals surface area contributed by atoms with E-state index in [1.165, 1.54) is 12.2 Å². The van der Waals surface area contributed by atoms with Crippen LogP contribution in [-0.4, -0.2) is 28.2 Å². The van der Waals surface area contributed by atoms with Crippen molar-refractivity contribution in [1.29, 1.82) is 5.26 Å². The van der Waals surface area contributed by atoms with Gasteiger partial charge in [0.15, 0.2) is 0 Å². The molecule has 94 valence electrons. The standard InChI is InChI=1S/C12H12ClN3O2/c1-2-5-18-12(17)11(7-14)6-10-8-15-16(9-10)4-3-13/h2,6,8-9H,1,3-5H2. The predicted octanol–water partition coefficient (Wildman–Crippen LogP) is 1.76. The quantitative estimate of drug-likeness (QED) is 0.258. The molecule has 0 atom stereocenters. The summed E-state index contributed by atoms with van der Waals surface area (Å²) in [5.74, 6) is -0.236. The Balaban J connectivity index is 2.80. The van der Waals surface area contributed by atoms with Crippen molar-refractivity contribution in [2.75, 3.05) is 12.5 Å². The highest BCUT2D eigenvalue weighted by Gasteiger charge is 2.10. The fraction of sp³-hybridized carbons (Fsp3) is 0.250. The Kier molecular flexibility index (Phi) is 5.68. The molecule has 1 rings (SSSR count). The number of alkyl halides is 1. The van der Waals surface area contributed by atoms with E-state index in [-0.39, 0.29) is 12.2 Å². The lowest BCUT2D eigenvalue weighted by Crippen LogP contribution is -2.06. The molecule has 0 aromatic carbocycles. The summed E-state index contributed by atoms with van der Waals surface area (Å²) in [5.41, 5.74) is 0.564. The van der Waals surface area contributed by atoms with Crippen LogP contribution in [0.1, 0.15) is 5.56 Å². The van der Waals surface area contributed by atoms with Gasteiger partial charge in [-0.3, -0.25) is 4.68 Å². The fourth-order valence-electron chi connectivity index (χ4n) is 1.18. The van der Waals surface area contributed by atoms with E-state index in [0.29, 0.717) is 18.0 Å². The van der Waals surface area contributed by atoms with Gasteiger partial charge in [-0.25, -0.2) is 4.79 Å². The van der Waals surface area contributed by atoms with Crippen molar-refractivity contribution in [3.05, 3.63) is 36.2 Å². The largest absolute Gasteiger partial charge is 0.457 e. The molecule has 0 aliphatic carbocycles. The molecule has 18 heavy (non-hydrogen) atoms. The van der Waals surface area contributed by atoms with Gasteiger partial charge in [-0.05, 0) is 6.08 Å². The number of carbonyl (C=O) groups is 1. The molecule has 0 bridgehead atoms. The van der Waals surface area contributed by atoms with Crippen LogP contribution in [0.15, 0.2) is 30.6 Å². The van der Waals surface area contributed by atoms with Crippen LogP contribution in [0, 0.1) is 11.3 Å². The summed E-state index contributed by atoms with van der Waals surface area (Å²) >= 11 is 5.57. The van der Waals surface area contributed by atoms with Crippen LogP contribution in [-0.2, 0) is 16.1 Å². The van der Waals surface area contributed by atoms with E-state index < -0.39 is 5.97 Å². The highest BCUT2D eigenvalue weighted by atomic mass is 35.5. The SMILES string of the molecule is C=CCOC(=O)C(C#N)=Cc1cnn(CCCl)c1. The van der Waals surface area contributed by atoms with Crippen LogP contribution < -0.4 is 0 Å². The van der Waals surface area contributed by atoms with Gasteiger partial charge in [0.2, 0.25) is 0 Å². The molecule has 0 radical (unpaired) electrons. The van der Waals surface area contributed by atoms with E-state index in [4.69, 9.17) is 21.6 Å². The highest BCUT2D eigenvalue weighted by molar-refractivity contribution is 6.17. The average Bonchev–Trinajstić information content (AvgIpc) is 2.81. The number of hydrogen-bond donors (Lipinski definition) is 0. The Morgan fingerprint density at radius 1 is 1.72 bits per heavy atom. The molecule has 0 spiro atoms. The lowest BCUT2D eigenvalue weighted by atomic mass is 10.2. The predicted molar refractivity (Wildman–Crippen MR) is 67.7 cm³/mol. The van der Waals surface area contributed by atoms with Crippen LogP contribution in [0.3, 0.4) is 0 Å².